The predicted octanol–water partition coefficient (Wildman–Crippen LogP) is 5.52. The number of aromatic hydroxyl groups is 1. The first-order chi connectivity index (χ1) is 15.5. The first-order valence-corrected chi connectivity index (χ1v) is 10.3. The first-order valence-electron chi connectivity index (χ1n) is 9.56. The van der Waals surface area contributed by atoms with Crippen LogP contribution in [-0.2, 0) is 6.54 Å². The molecule has 162 valence electrons. The molecule has 3 N–H and O–H groups in total. The fourth-order valence-corrected chi connectivity index (χ4v) is 3.75. The van der Waals surface area contributed by atoms with Gasteiger partial charge in [0.05, 0.1) is 33.7 Å². The SMILES string of the molecule is COc1ccccc1CNc1ncnc2cccc(NC(=O)c3cc(Cl)c(O)c(Cl)c3)c12. The number of nitrogens with one attached hydrogen (secondary N) is 2. The number of phenols is 1. The van der Waals surface area contributed by atoms with Crippen molar-refractivity contribution in [2.45, 2.75) is 6.54 Å². The van der Waals surface area contributed by atoms with Gasteiger partial charge in [-0.3, -0.25) is 4.79 Å². The average Bonchev–Trinajstić information content (AvgIpc) is 2.81. The van der Waals surface area contributed by atoms with Gasteiger partial charge in [0.1, 0.15) is 17.9 Å². The first kappa shape index (κ1) is 21.7. The summed E-state index contributed by atoms with van der Waals surface area (Å²) in [6.07, 6.45) is 1.46. The molecule has 0 atom stereocenters. The van der Waals surface area contributed by atoms with Gasteiger partial charge >= 0.3 is 0 Å². The van der Waals surface area contributed by atoms with E-state index in [1.165, 1.54) is 18.5 Å². The second-order valence-electron chi connectivity index (χ2n) is 6.83. The molecule has 0 aliphatic rings. The van der Waals surface area contributed by atoms with E-state index in [2.05, 4.69) is 20.6 Å². The molecule has 4 aromatic rings. The number of hydrogen-bond acceptors (Lipinski definition) is 6. The summed E-state index contributed by atoms with van der Waals surface area (Å²) in [7, 11) is 1.62. The van der Waals surface area contributed by atoms with Crippen LogP contribution in [0.2, 0.25) is 10.0 Å². The van der Waals surface area contributed by atoms with E-state index < -0.39 is 5.91 Å². The molecule has 4 rings (SSSR count). The molecule has 1 heterocycles. The standard InChI is InChI=1S/C23H18Cl2N4O3/c1-32-19-8-3-2-5-13(19)11-26-22-20-17(27-12-28-22)6-4-7-18(20)29-23(31)14-9-15(24)21(30)16(25)10-14/h2-10,12,30H,11H2,1H3,(H,29,31)(H,26,27,28). The van der Waals surface area contributed by atoms with Crippen molar-refractivity contribution in [2.24, 2.45) is 0 Å². The minimum Gasteiger partial charge on any atom is -0.505 e. The minimum atomic E-state index is -0.444. The zero-order valence-electron chi connectivity index (χ0n) is 16.9. The van der Waals surface area contributed by atoms with E-state index in [4.69, 9.17) is 27.9 Å². The number of aromatic nitrogens is 2. The zero-order valence-corrected chi connectivity index (χ0v) is 18.4. The van der Waals surface area contributed by atoms with Gasteiger partial charge in [-0.15, -0.1) is 0 Å². The number of fused-ring (bicyclic) bond motifs is 1. The van der Waals surface area contributed by atoms with E-state index in [-0.39, 0.29) is 21.4 Å². The summed E-state index contributed by atoms with van der Waals surface area (Å²) < 4.78 is 5.41. The Morgan fingerprint density at radius 3 is 2.56 bits per heavy atom. The van der Waals surface area contributed by atoms with Gasteiger partial charge in [0, 0.05) is 17.7 Å². The number of carbonyl (C=O) groups excluding carboxylic acids is 1. The molecule has 0 aliphatic heterocycles. The molecular formula is C23H18Cl2N4O3. The fraction of sp³-hybridized carbons (Fsp3) is 0.0870. The molecule has 0 unspecified atom stereocenters. The Kier molecular flexibility index (Phi) is 6.30. The maximum Gasteiger partial charge on any atom is 0.255 e. The normalized spacial score (nSPS) is 10.7. The number of hydrogen-bond donors (Lipinski definition) is 3. The van der Waals surface area contributed by atoms with Crippen LogP contribution in [0.15, 0.2) is 60.9 Å². The van der Waals surface area contributed by atoms with Crippen molar-refractivity contribution >= 4 is 51.5 Å². The molecule has 0 spiro atoms. The Labute approximate surface area is 194 Å². The number of para-hydroxylation sites is 1. The van der Waals surface area contributed by atoms with Crippen LogP contribution in [0.25, 0.3) is 10.9 Å². The molecule has 1 aromatic heterocycles. The highest BCUT2D eigenvalue weighted by Crippen LogP contribution is 2.34. The van der Waals surface area contributed by atoms with E-state index in [1.807, 2.05) is 30.3 Å². The lowest BCUT2D eigenvalue weighted by molar-refractivity contribution is 0.102. The highest BCUT2D eigenvalue weighted by atomic mass is 35.5. The summed E-state index contributed by atoms with van der Waals surface area (Å²) in [4.78, 5) is 21.5. The molecule has 0 fully saturated rings. The maximum absolute atomic E-state index is 12.9. The Hall–Kier alpha value is -3.55. The topological polar surface area (TPSA) is 96.4 Å². The van der Waals surface area contributed by atoms with Gasteiger partial charge in [-0.25, -0.2) is 9.97 Å². The molecule has 7 nitrogen and oxygen atoms in total. The molecule has 0 aliphatic carbocycles. The number of carbonyl (C=O) groups is 1. The van der Waals surface area contributed by atoms with Crippen LogP contribution in [-0.4, -0.2) is 28.1 Å². The third-order valence-corrected chi connectivity index (χ3v) is 5.41. The van der Waals surface area contributed by atoms with Crippen molar-refractivity contribution in [1.29, 1.82) is 0 Å². The van der Waals surface area contributed by atoms with Crippen LogP contribution < -0.4 is 15.4 Å². The molecule has 9 heteroatoms. The summed E-state index contributed by atoms with van der Waals surface area (Å²) in [6.45, 7) is 0.460. The molecule has 32 heavy (non-hydrogen) atoms. The van der Waals surface area contributed by atoms with Gasteiger partial charge in [-0.1, -0.05) is 47.5 Å². The van der Waals surface area contributed by atoms with Crippen LogP contribution in [0.3, 0.4) is 0 Å². The number of halogens is 2. The van der Waals surface area contributed by atoms with E-state index in [1.54, 1.807) is 19.2 Å². The second kappa shape index (κ2) is 9.30. The number of ether oxygens (including phenoxy) is 1. The maximum atomic E-state index is 12.9. The van der Waals surface area contributed by atoms with E-state index in [9.17, 15) is 9.90 Å². The monoisotopic (exact) mass is 468 g/mol. The Morgan fingerprint density at radius 1 is 1.06 bits per heavy atom. The molecule has 0 radical (unpaired) electrons. The van der Waals surface area contributed by atoms with Crippen molar-refractivity contribution < 1.29 is 14.6 Å². The van der Waals surface area contributed by atoms with Gasteiger partial charge in [-0.05, 0) is 30.3 Å². The number of benzene rings is 3. The van der Waals surface area contributed by atoms with Crippen molar-refractivity contribution in [2.75, 3.05) is 17.7 Å². The molecular weight excluding hydrogens is 451 g/mol. The lowest BCUT2D eigenvalue weighted by Crippen LogP contribution is -2.13. The largest absolute Gasteiger partial charge is 0.505 e. The predicted molar refractivity (Wildman–Crippen MR) is 126 cm³/mol. The molecule has 3 aromatic carbocycles. The molecule has 1 amide bonds. The van der Waals surface area contributed by atoms with Crippen molar-refractivity contribution in [1.82, 2.24) is 9.97 Å². The Morgan fingerprint density at radius 2 is 1.81 bits per heavy atom. The third-order valence-electron chi connectivity index (χ3n) is 4.83. The van der Waals surface area contributed by atoms with Gasteiger partial charge in [0.2, 0.25) is 0 Å². The van der Waals surface area contributed by atoms with Crippen molar-refractivity contribution in [3.05, 3.63) is 82.1 Å². The summed E-state index contributed by atoms with van der Waals surface area (Å²) in [5.74, 6) is 0.596. The van der Waals surface area contributed by atoms with Gasteiger partial charge < -0.3 is 20.5 Å². The number of phenolic OH excluding ortho intramolecular Hbond substituents is 1. The second-order valence-corrected chi connectivity index (χ2v) is 7.64. The molecule has 0 saturated carbocycles. The van der Waals surface area contributed by atoms with Crippen LogP contribution >= 0.6 is 23.2 Å². The van der Waals surface area contributed by atoms with Crippen LogP contribution in [0, 0.1) is 0 Å². The average molecular weight is 469 g/mol. The number of nitrogens with zero attached hydrogens (tertiary/aromatic N) is 2. The third kappa shape index (κ3) is 4.39. The lowest BCUT2D eigenvalue weighted by Gasteiger charge is -2.14. The number of anilines is 2. The zero-order chi connectivity index (χ0) is 22.7. The minimum absolute atomic E-state index is 0.0110. The smallest absolute Gasteiger partial charge is 0.255 e. The van der Waals surface area contributed by atoms with Gasteiger partial charge in [-0.2, -0.15) is 0 Å². The summed E-state index contributed by atoms with van der Waals surface area (Å²) in [6, 6.07) is 15.7. The van der Waals surface area contributed by atoms with E-state index in [0.717, 1.165) is 11.3 Å². The van der Waals surface area contributed by atoms with E-state index in [0.29, 0.717) is 29.0 Å². The molecule has 0 saturated heterocycles. The fourth-order valence-electron chi connectivity index (χ4n) is 3.27. The summed E-state index contributed by atoms with van der Waals surface area (Å²) >= 11 is 11.9. The Bertz CT molecular complexity index is 1290. The van der Waals surface area contributed by atoms with Crippen molar-refractivity contribution in [3.8, 4) is 11.5 Å². The van der Waals surface area contributed by atoms with Crippen LogP contribution in [0.1, 0.15) is 15.9 Å². The number of methoxy groups -OCH3 is 1. The highest BCUT2D eigenvalue weighted by Gasteiger charge is 2.16. The highest BCUT2D eigenvalue weighted by molar-refractivity contribution is 6.37. The molecule has 0 bridgehead atoms. The van der Waals surface area contributed by atoms with Gasteiger partial charge in [0.15, 0.2) is 5.75 Å². The quantitative estimate of drug-likeness (QED) is 0.344. The Balaban J connectivity index is 1.66. The summed E-state index contributed by atoms with van der Waals surface area (Å²) in [5, 5.41) is 16.5. The number of amides is 1. The van der Waals surface area contributed by atoms with Gasteiger partial charge in [0.25, 0.3) is 5.91 Å². The van der Waals surface area contributed by atoms with Crippen molar-refractivity contribution in [3.63, 3.8) is 0 Å². The summed E-state index contributed by atoms with van der Waals surface area (Å²) in [5.41, 5.74) is 2.32. The van der Waals surface area contributed by atoms with Crippen LogP contribution in [0.5, 0.6) is 11.5 Å². The number of rotatable bonds is 6. The van der Waals surface area contributed by atoms with Crippen LogP contribution in [0.4, 0.5) is 11.5 Å². The van der Waals surface area contributed by atoms with E-state index >= 15 is 0 Å². The lowest BCUT2D eigenvalue weighted by atomic mass is 10.1.